The maximum atomic E-state index is 12.9. The summed E-state index contributed by atoms with van der Waals surface area (Å²) in [5.74, 6) is 2.36. The van der Waals surface area contributed by atoms with Crippen molar-refractivity contribution in [3.8, 4) is 0 Å². The highest BCUT2D eigenvalue weighted by molar-refractivity contribution is 7.89. The molecular formula is C22H34N8O3S. The maximum absolute atomic E-state index is 12.9. The van der Waals surface area contributed by atoms with Gasteiger partial charge in [0.25, 0.3) is 10.0 Å². The molecule has 3 aliphatic heterocycles. The molecule has 12 heteroatoms. The number of hydrogen-bond donors (Lipinski definition) is 0. The van der Waals surface area contributed by atoms with Gasteiger partial charge in [0.05, 0.1) is 6.10 Å². The Balaban J connectivity index is 1.13. The van der Waals surface area contributed by atoms with Gasteiger partial charge >= 0.3 is 0 Å². The molecular weight excluding hydrogens is 456 g/mol. The number of piperazine rings is 2. The summed E-state index contributed by atoms with van der Waals surface area (Å²) in [7, 11) is -1.78. The summed E-state index contributed by atoms with van der Waals surface area (Å²) in [5.41, 5.74) is 0. The lowest BCUT2D eigenvalue weighted by atomic mass is 10.2. The fourth-order valence-electron chi connectivity index (χ4n) is 4.83. The van der Waals surface area contributed by atoms with Gasteiger partial charge in [-0.3, -0.25) is 4.90 Å². The van der Waals surface area contributed by atoms with Crippen molar-refractivity contribution in [2.45, 2.75) is 30.9 Å². The fourth-order valence-corrected chi connectivity index (χ4v) is 6.28. The van der Waals surface area contributed by atoms with E-state index in [1.165, 1.54) is 17.1 Å². The molecule has 1 atom stereocenters. The first-order valence-corrected chi connectivity index (χ1v) is 13.5. The van der Waals surface area contributed by atoms with Crippen LogP contribution in [0.15, 0.2) is 23.4 Å². The van der Waals surface area contributed by atoms with Crippen LogP contribution >= 0.6 is 0 Å². The van der Waals surface area contributed by atoms with Gasteiger partial charge in [-0.1, -0.05) is 0 Å². The van der Waals surface area contributed by atoms with Crippen molar-refractivity contribution >= 4 is 21.7 Å². The molecule has 0 spiro atoms. The molecule has 2 aromatic heterocycles. The summed E-state index contributed by atoms with van der Waals surface area (Å²) in [5, 5.41) is 9.05. The van der Waals surface area contributed by atoms with E-state index < -0.39 is 10.0 Å². The fraction of sp³-hybridized carbons (Fsp3) is 0.682. The zero-order chi connectivity index (χ0) is 23.7. The molecule has 34 heavy (non-hydrogen) atoms. The summed E-state index contributed by atoms with van der Waals surface area (Å²) in [6, 6.07) is 4.02. The Morgan fingerprint density at radius 2 is 1.59 bits per heavy atom. The lowest BCUT2D eigenvalue weighted by molar-refractivity contribution is 0.0712. The quantitative estimate of drug-likeness (QED) is 0.567. The standard InChI is InChI=1S/C22H34N8O3S/c1-18-23-22(17-26(18)2)34(31,32)30-13-11-29(12-14-30)21-6-5-20(24-25-21)28-9-7-27(8-10-28)16-19-4-3-15-33-19/h5-6,17,19H,3-4,7-16H2,1-2H3. The summed E-state index contributed by atoms with van der Waals surface area (Å²) in [6.45, 7) is 9.55. The topological polar surface area (TPSA) is 99.9 Å². The molecule has 186 valence electrons. The van der Waals surface area contributed by atoms with Gasteiger partial charge in [0.15, 0.2) is 16.7 Å². The number of sulfonamides is 1. The Morgan fingerprint density at radius 3 is 2.09 bits per heavy atom. The molecule has 0 amide bonds. The Kier molecular flexibility index (Phi) is 6.74. The molecule has 0 aromatic carbocycles. The lowest BCUT2D eigenvalue weighted by Gasteiger charge is -2.36. The summed E-state index contributed by atoms with van der Waals surface area (Å²) in [4.78, 5) is 11.1. The van der Waals surface area contributed by atoms with Gasteiger partial charge in [0, 0.05) is 78.8 Å². The van der Waals surface area contributed by atoms with Gasteiger partial charge in [0.2, 0.25) is 0 Å². The minimum atomic E-state index is -3.58. The number of hydrogen-bond acceptors (Lipinski definition) is 9. The zero-order valence-electron chi connectivity index (χ0n) is 20.0. The first-order valence-electron chi connectivity index (χ1n) is 12.1. The molecule has 5 heterocycles. The largest absolute Gasteiger partial charge is 0.377 e. The highest BCUT2D eigenvalue weighted by Crippen LogP contribution is 2.21. The summed E-state index contributed by atoms with van der Waals surface area (Å²) >= 11 is 0. The van der Waals surface area contributed by atoms with Gasteiger partial charge in [-0.25, -0.2) is 13.4 Å². The molecule has 0 bridgehead atoms. The van der Waals surface area contributed by atoms with E-state index in [-0.39, 0.29) is 5.03 Å². The average molecular weight is 491 g/mol. The first kappa shape index (κ1) is 23.5. The monoisotopic (exact) mass is 490 g/mol. The molecule has 0 aliphatic carbocycles. The van der Waals surface area contributed by atoms with Crippen molar-refractivity contribution in [1.29, 1.82) is 0 Å². The van der Waals surface area contributed by atoms with E-state index in [1.54, 1.807) is 24.7 Å². The van der Waals surface area contributed by atoms with E-state index in [4.69, 9.17) is 4.74 Å². The minimum absolute atomic E-state index is 0.112. The van der Waals surface area contributed by atoms with Gasteiger partial charge in [0.1, 0.15) is 5.82 Å². The molecule has 5 rings (SSSR count). The van der Waals surface area contributed by atoms with Gasteiger partial charge in [-0.2, -0.15) is 4.31 Å². The molecule has 3 aliphatic rings. The number of anilines is 2. The predicted octanol–water partition coefficient (Wildman–Crippen LogP) is 0.330. The molecule has 0 N–H and O–H groups in total. The highest BCUT2D eigenvalue weighted by Gasteiger charge is 2.31. The second kappa shape index (κ2) is 9.76. The van der Waals surface area contributed by atoms with Crippen LogP contribution in [-0.4, -0.2) is 109 Å². The average Bonchev–Trinajstić information content (AvgIpc) is 3.49. The van der Waals surface area contributed by atoms with E-state index in [2.05, 4.69) is 29.9 Å². The Labute approximate surface area is 201 Å². The second-order valence-corrected chi connectivity index (χ2v) is 11.2. The molecule has 1 unspecified atom stereocenters. The van der Waals surface area contributed by atoms with Crippen LogP contribution in [0.2, 0.25) is 0 Å². The van der Waals surface area contributed by atoms with E-state index in [0.29, 0.717) is 38.1 Å². The molecule has 11 nitrogen and oxygen atoms in total. The first-order chi connectivity index (χ1) is 16.4. The third-order valence-corrected chi connectivity index (χ3v) is 8.84. The van der Waals surface area contributed by atoms with Crippen molar-refractivity contribution < 1.29 is 13.2 Å². The van der Waals surface area contributed by atoms with E-state index in [1.807, 2.05) is 12.1 Å². The third-order valence-electron chi connectivity index (χ3n) is 7.07. The third kappa shape index (κ3) is 4.90. The maximum Gasteiger partial charge on any atom is 0.262 e. The normalized spacial score (nSPS) is 23.1. The van der Waals surface area contributed by atoms with Crippen LogP contribution in [0.5, 0.6) is 0 Å². The summed E-state index contributed by atoms with van der Waals surface area (Å²) in [6.07, 6.45) is 4.33. The van der Waals surface area contributed by atoms with Crippen LogP contribution in [0.4, 0.5) is 11.6 Å². The molecule has 0 radical (unpaired) electrons. The number of nitrogens with zero attached hydrogens (tertiary/aromatic N) is 8. The van der Waals surface area contributed by atoms with Crippen LogP contribution < -0.4 is 9.80 Å². The number of ether oxygens (including phenoxy) is 1. The highest BCUT2D eigenvalue weighted by atomic mass is 32.2. The van der Waals surface area contributed by atoms with Crippen molar-refractivity contribution in [2.24, 2.45) is 7.05 Å². The van der Waals surface area contributed by atoms with Crippen molar-refractivity contribution in [3.63, 3.8) is 0 Å². The Hall–Kier alpha value is -2.28. The van der Waals surface area contributed by atoms with Crippen LogP contribution in [0.1, 0.15) is 18.7 Å². The number of rotatable bonds is 6. The van der Waals surface area contributed by atoms with Crippen LogP contribution in [0.3, 0.4) is 0 Å². The van der Waals surface area contributed by atoms with Gasteiger partial charge in [-0.15, -0.1) is 10.2 Å². The Morgan fingerprint density at radius 1 is 0.971 bits per heavy atom. The van der Waals surface area contributed by atoms with Crippen LogP contribution in [0.25, 0.3) is 0 Å². The molecule has 3 saturated heterocycles. The SMILES string of the molecule is Cc1nc(S(=O)(=O)N2CCN(c3ccc(N4CCN(CC5CCCO5)CC4)nn3)CC2)cn1C. The second-order valence-electron chi connectivity index (χ2n) is 9.30. The molecule has 0 saturated carbocycles. The lowest BCUT2D eigenvalue weighted by Crippen LogP contribution is -2.49. The smallest absolute Gasteiger partial charge is 0.262 e. The van der Waals surface area contributed by atoms with Crippen molar-refractivity contribution in [2.75, 3.05) is 75.3 Å². The van der Waals surface area contributed by atoms with E-state index in [0.717, 1.165) is 51.0 Å². The number of aryl methyl sites for hydroxylation is 2. The Bertz CT molecular complexity index is 1050. The number of imidazole rings is 1. The minimum Gasteiger partial charge on any atom is -0.377 e. The molecule has 3 fully saturated rings. The number of aromatic nitrogens is 4. The summed E-state index contributed by atoms with van der Waals surface area (Å²) < 4.78 is 34.8. The van der Waals surface area contributed by atoms with E-state index in [9.17, 15) is 8.42 Å². The van der Waals surface area contributed by atoms with E-state index >= 15 is 0 Å². The van der Waals surface area contributed by atoms with Crippen LogP contribution in [0, 0.1) is 6.92 Å². The van der Waals surface area contributed by atoms with Crippen molar-refractivity contribution in [1.82, 2.24) is 29.0 Å². The predicted molar refractivity (Wildman–Crippen MR) is 129 cm³/mol. The molecule has 2 aromatic rings. The van der Waals surface area contributed by atoms with Crippen LogP contribution in [-0.2, 0) is 21.8 Å². The van der Waals surface area contributed by atoms with Gasteiger partial charge < -0.3 is 19.1 Å². The van der Waals surface area contributed by atoms with Crippen molar-refractivity contribution in [3.05, 3.63) is 24.2 Å². The zero-order valence-corrected chi connectivity index (χ0v) is 20.8. The van der Waals surface area contributed by atoms with Gasteiger partial charge in [-0.05, 0) is 31.9 Å².